The van der Waals surface area contributed by atoms with E-state index in [4.69, 9.17) is 4.98 Å². The Morgan fingerprint density at radius 1 is 1.44 bits per heavy atom. The van der Waals surface area contributed by atoms with Crippen molar-refractivity contribution in [2.75, 3.05) is 16.8 Å². The number of hydrogen-bond acceptors (Lipinski definition) is 4. The van der Waals surface area contributed by atoms with Gasteiger partial charge in [-0.15, -0.1) is 0 Å². The van der Waals surface area contributed by atoms with Gasteiger partial charge >= 0.3 is 0 Å². The maximum atomic E-state index is 4.74. The summed E-state index contributed by atoms with van der Waals surface area (Å²) in [4.78, 5) is 7.21. The second-order valence-electron chi connectivity index (χ2n) is 5.97. The number of anilines is 1. The molecule has 0 aliphatic carbocycles. The van der Waals surface area contributed by atoms with Crippen LogP contribution in [0.1, 0.15) is 52.3 Å². The molecule has 1 saturated heterocycles. The molecular weight excluding hydrogens is 310 g/mol. The van der Waals surface area contributed by atoms with Crippen LogP contribution in [0.5, 0.6) is 0 Å². The van der Waals surface area contributed by atoms with Gasteiger partial charge in [-0.25, -0.2) is 4.98 Å². The highest BCUT2D eigenvalue weighted by Gasteiger charge is 2.28. The Labute approximate surface area is 122 Å². The molecule has 102 valence electrons. The van der Waals surface area contributed by atoms with Gasteiger partial charge in [-0.2, -0.15) is 4.37 Å². The fourth-order valence-electron chi connectivity index (χ4n) is 2.34. The zero-order valence-corrected chi connectivity index (χ0v) is 13.9. The highest BCUT2D eigenvalue weighted by Crippen LogP contribution is 2.31. The van der Waals surface area contributed by atoms with E-state index in [0.717, 1.165) is 22.8 Å². The molecular formula is C13H22BrN3S. The Bertz CT molecular complexity index is 386. The van der Waals surface area contributed by atoms with E-state index in [1.807, 2.05) is 0 Å². The van der Waals surface area contributed by atoms with Crippen molar-refractivity contribution in [3.63, 3.8) is 0 Å². The van der Waals surface area contributed by atoms with Gasteiger partial charge < -0.3 is 4.90 Å². The second-order valence-corrected chi connectivity index (χ2v) is 7.49. The van der Waals surface area contributed by atoms with Crippen LogP contribution in [0.3, 0.4) is 0 Å². The molecule has 1 atom stereocenters. The van der Waals surface area contributed by atoms with Crippen LogP contribution in [0.15, 0.2) is 0 Å². The molecule has 5 heteroatoms. The monoisotopic (exact) mass is 331 g/mol. The van der Waals surface area contributed by atoms with Crippen molar-refractivity contribution >= 4 is 32.6 Å². The minimum absolute atomic E-state index is 0.0554. The number of aromatic nitrogens is 2. The summed E-state index contributed by atoms with van der Waals surface area (Å²) in [5, 5.41) is 2.22. The zero-order valence-electron chi connectivity index (χ0n) is 11.4. The Morgan fingerprint density at radius 2 is 2.22 bits per heavy atom. The Morgan fingerprint density at radius 3 is 2.83 bits per heavy atom. The third-order valence-corrected chi connectivity index (χ3v) is 4.69. The average Bonchev–Trinajstić information content (AvgIpc) is 2.93. The van der Waals surface area contributed by atoms with Crippen LogP contribution in [0.2, 0.25) is 0 Å². The molecule has 1 fully saturated rings. The van der Waals surface area contributed by atoms with E-state index < -0.39 is 0 Å². The fourth-order valence-corrected chi connectivity index (χ4v) is 3.62. The maximum absolute atomic E-state index is 4.74. The van der Waals surface area contributed by atoms with Crippen LogP contribution in [0.4, 0.5) is 5.13 Å². The van der Waals surface area contributed by atoms with Gasteiger partial charge in [0.25, 0.3) is 0 Å². The van der Waals surface area contributed by atoms with Gasteiger partial charge in [0.05, 0.1) is 0 Å². The summed E-state index contributed by atoms with van der Waals surface area (Å²) < 4.78 is 4.53. The zero-order chi connectivity index (χ0) is 13.2. The van der Waals surface area contributed by atoms with Crippen molar-refractivity contribution < 1.29 is 0 Å². The molecule has 0 radical (unpaired) electrons. The standard InChI is InChI=1S/C13H22BrN3S/c1-13(2,3)11-15-12(18-16-11)17-9-5-7-10(17)6-4-8-14/h10H,4-9H2,1-3H3. The van der Waals surface area contributed by atoms with Gasteiger partial charge in [-0.1, -0.05) is 36.7 Å². The number of hydrogen-bond donors (Lipinski definition) is 0. The second kappa shape index (κ2) is 5.87. The lowest BCUT2D eigenvalue weighted by Gasteiger charge is -2.23. The van der Waals surface area contributed by atoms with Gasteiger partial charge in [-0.05, 0) is 25.7 Å². The van der Waals surface area contributed by atoms with Crippen LogP contribution in [-0.4, -0.2) is 27.3 Å². The van der Waals surface area contributed by atoms with Crippen molar-refractivity contribution in [3.05, 3.63) is 5.82 Å². The van der Waals surface area contributed by atoms with E-state index >= 15 is 0 Å². The van der Waals surface area contributed by atoms with E-state index in [2.05, 4.69) is 46.0 Å². The van der Waals surface area contributed by atoms with Crippen molar-refractivity contribution in [2.45, 2.75) is 57.9 Å². The SMILES string of the molecule is CC(C)(C)c1nsc(N2CCCC2CCCBr)n1. The molecule has 1 aromatic heterocycles. The third kappa shape index (κ3) is 3.23. The molecule has 0 amide bonds. The molecule has 2 heterocycles. The lowest BCUT2D eigenvalue weighted by molar-refractivity contribution is 0.551. The Hall–Kier alpha value is -0.160. The van der Waals surface area contributed by atoms with Crippen LogP contribution in [0, 0.1) is 0 Å². The summed E-state index contributed by atoms with van der Waals surface area (Å²) in [6, 6.07) is 0.670. The molecule has 0 N–H and O–H groups in total. The Kier molecular flexibility index (Phi) is 4.64. The topological polar surface area (TPSA) is 29.0 Å². The predicted octanol–water partition coefficient (Wildman–Crippen LogP) is 3.98. The van der Waals surface area contributed by atoms with Gasteiger partial charge in [0.15, 0.2) is 0 Å². The van der Waals surface area contributed by atoms with Crippen molar-refractivity contribution in [1.29, 1.82) is 0 Å². The molecule has 0 spiro atoms. The van der Waals surface area contributed by atoms with Gasteiger partial charge in [-0.3, -0.25) is 0 Å². The molecule has 1 aromatic rings. The molecule has 0 bridgehead atoms. The summed E-state index contributed by atoms with van der Waals surface area (Å²) in [5.41, 5.74) is 0.0554. The maximum Gasteiger partial charge on any atom is 0.205 e. The van der Waals surface area contributed by atoms with Gasteiger partial charge in [0.1, 0.15) is 5.82 Å². The molecule has 0 aromatic carbocycles. The molecule has 1 aliphatic rings. The molecule has 1 unspecified atom stereocenters. The summed E-state index contributed by atoms with van der Waals surface area (Å²) in [7, 11) is 0. The first kappa shape index (κ1) is 14.3. The lowest BCUT2D eigenvalue weighted by Crippen LogP contribution is -2.29. The fraction of sp³-hybridized carbons (Fsp3) is 0.846. The van der Waals surface area contributed by atoms with E-state index in [1.165, 1.54) is 25.7 Å². The highest BCUT2D eigenvalue weighted by molar-refractivity contribution is 9.09. The first-order valence-electron chi connectivity index (χ1n) is 6.69. The van der Waals surface area contributed by atoms with E-state index in [-0.39, 0.29) is 5.41 Å². The number of halogens is 1. The number of nitrogens with zero attached hydrogens (tertiary/aromatic N) is 3. The van der Waals surface area contributed by atoms with E-state index in [9.17, 15) is 0 Å². The largest absolute Gasteiger partial charge is 0.344 e. The molecule has 1 aliphatic heterocycles. The minimum Gasteiger partial charge on any atom is -0.344 e. The summed E-state index contributed by atoms with van der Waals surface area (Å²) in [6.45, 7) is 7.66. The molecule has 2 rings (SSSR count). The van der Waals surface area contributed by atoms with Gasteiger partial charge in [0, 0.05) is 34.9 Å². The van der Waals surface area contributed by atoms with Crippen LogP contribution >= 0.6 is 27.5 Å². The van der Waals surface area contributed by atoms with Crippen LogP contribution in [0.25, 0.3) is 0 Å². The smallest absolute Gasteiger partial charge is 0.205 e. The lowest BCUT2D eigenvalue weighted by atomic mass is 9.96. The van der Waals surface area contributed by atoms with Crippen molar-refractivity contribution in [2.24, 2.45) is 0 Å². The van der Waals surface area contributed by atoms with Crippen molar-refractivity contribution in [3.8, 4) is 0 Å². The number of rotatable bonds is 4. The predicted molar refractivity (Wildman–Crippen MR) is 82.0 cm³/mol. The van der Waals surface area contributed by atoms with Crippen LogP contribution < -0.4 is 4.90 Å². The van der Waals surface area contributed by atoms with E-state index in [0.29, 0.717) is 6.04 Å². The van der Waals surface area contributed by atoms with Gasteiger partial charge in [0.2, 0.25) is 5.13 Å². The quantitative estimate of drug-likeness (QED) is 0.781. The molecule has 0 saturated carbocycles. The molecule has 3 nitrogen and oxygen atoms in total. The summed E-state index contributed by atoms with van der Waals surface area (Å²) >= 11 is 5.08. The normalized spacial score (nSPS) is 20.7. The summed E-state index contributed by atoms with van der Waals surface area (Å²) in [5.74, 6) is 0.980. The number of alkyl halides is 1. The summed E-state index contributed by atoms with van der Waals surface area (Å²) in [6.07, 6.45) is 5.09. The highest BCUT2D eigenvalue weighted by atomic mass is 79.9. The van der Waals surface area contributed by atoms with Crippen molar-refractivity contribution in [1.82, 2.24) is 9.36 Å². The first-order chi connectivity index (χ1) is 8.52. The molecule has 18 heavy (non-hydrogen) atoms. The third-order valence-electron chi connectivity index (χ3n) is 3.38. The van der Waals surface area contributed by atoms with Crippen LogP contribution in [-0.2, 0) is 5.41 Å². The Balaban J connectivity index is 2.08. The van der Waals surface area contributed by atoms with E-state index in [1.54, 1.807) is 11.5 Å². The first-order valence-corrected chi connectivity index (χ1v) is 8.58. The minimum atomic E-state index is 0.0554. The average molecular weight is 332 g/mol.